The Balaban J connectivity index is 1.98. The van der Waals surface area contributed by atoms with E-state index in [0.29, 0.717) is 18.4 Å². The van der Waals surface area contributed by atoms with E-state index in [0.717, 1.165) is 6.07 Å². The first kappa shape index (κ1) is 23.3. The van der Waals surface area contributed by atoms with Crippen LogP contribution in [0.15, 0.2) is 42.5 Å². The number of nitrogens with zero attached hydrogens (tertiary/aromatic N) is 3. The topological polar surface area (TPSA) is 95.7 Å². The Bertz CT molecular complexity index is 1340. The second-order valence-electron chi connectivity index (χ2n) is 8.35. The van der Waals surface area contributed by atoms with Gasteiger partial charge in [0.1, 0.15) is 11.9 Å². The molecule has 0 spiro atoms. The molecule has 1 aromatic heterocycles. The molecule has 1 fully saturated rings. The zero-order chi connectivity index (χ0) is 24.5. The van der Waals surface area contributed by atoms with Crippen molar-refractivity contribution < 1.29 is 17.9 Å². The molecule has 0 aliphatic heterocycles. The Morgan fingerprint density at radius 1 is 0.971 bits per heavy atom. The Morgan fingerprint density at radius 3 is 2.21 bits per heavy atom. The maximum Gasteiger partial charge on any atom is 0.165 e. The fourth-order valence-corrected chi connectivity index (χ4v) is 4.29. The summed E-state index contributed by atoms with van der Waals surface area (Å²) in [4.78, 5) is 4.55. The van der Waals surface area contributed by atoms with Crippen LogP contribution in [-0.4, -0.2) is 18.1 Å². The third-order valence-electron chi connectivity index (χ3n) is 6.23. The number of hydrogen-bond donors (Lipinski definition) is 1. The van der Waals surface area contributed by atoms with Crippen LogP contribution in [0.4, 0.5) is 13.2 Å². The van der Waals surface area contributed by atoms with Crippen molar-refractivity contribution in [3.05, 3.63) is 70.9 Å². The highest BCUT2D eigenvalue weighted by Gasteiger charge is 2.38. The van der Waals surface area contributed by atoms with E-state index >= 15 is 4.39 Å². The summed E-state index contributed by atoms with van der Waals surface area (Å²) in [6, 6.07) is 13.1. The van der Waals surface area contributed by atoms with Crippen LogP contribution < -0.4 is 10.5 Å². The van der Waals surface area contributed by atoms with Crippen LogP contribution >= 0.6 is 0 Å². The number of halogens is 3. The standard InChI is InChI=1S/C26H21F3N4O/c1-34-22-5-4-15(10-21(22)28)24-18(14-31)12-23(26(29)8-6-19(32)7-9-26)33-25(24)16-2-3-17(13-30)20(27)11-16/h2-5,10-12,19H,6-9,32H2,1H3. The SMILES string of the molecule is COc1ccc(-c2c(C#N)cc(C3(F)CCC(N)CC3)nc2-c2ccc(C#N)c(F)c2)cc1F. The third-order valence-corrected chi connectivity index (χ3v) is 6.23. The van der Waals surface area contributed by atoms with E-state index in [1.807, 2.05) is 0 Å². The molecule has 8 heteroatoms. The fraction of sp³-hybridized carbons (Fsp3) is 0.269. The Labute approximate surface area is 195 Å². The van der Waals surface area contributed by atoms with E-state index in [1.54, 1.807) is 12.1 Å². The molecule has 0 atom stereocenters. The summed E-state index contributed by atoms with van der Waals surface area (Å²) in [5.41, 5.74) is 4.97. The number of aromatic nitrogens is 1. The van der Waals surface area contributed by atoms with Gasteiger partial charge < -0.3 is 10.5 Å². The number of nitriles is 2. The highest BCUT2D eigenvalue weighted by atomic mass is 19.1. The van der Waals surface area contributed by atoms with Gasteiger partial charge in [-0.2, -0.15) is 10.5 Å². The minimum absolute atomic E-state index is 0.0130. The fourth-order valence-electron chi connectivity index (χ4n) is 4.29. The predicted molar refractivity (Wildman–Crippen MR) is 120 cm³/mol. The Morgan fingerprint density at radius 2 is 1.62 bits per heavy atom. The highest BCUT2D eigenvalue weighted by Crippen LogP contribution is 2.43. The summed E-state index contributed by atoms with van der Waals surface area (Å²) < 4.78 is 50.0. The first-order valence-corrected chi connectivity index (χ1v) is 10.7. The maximum absolute atomic E-state index is 16.0. The molecule has 0 unspecified atom stereocenters. The van der Waals surface area contributed by atoms with Gasteiger partial charge in [-0.25, -0.2) is 18.2 Å². The number of nitrogens with two attached hydrogens (primary N) is 1. The second-order valence-corrected chi connectivity index (χ2v) is 8.35. The first-order valence-electron chi connectivity index (χ1n) is 10.7. The first-order chi connectivity index (χ1) is 16.3. The van der Waals surface area contributed by atoms with Crippen molar-refractivity contribution >= 4 is 0 Å². The van der Waals surface area contributed by atoms with Crippen molar-refractivity contribution in [3.8, 4) is 40.3 Å². The van der Waals surface area contributed by atoms with Crippen LogP contribution in [0, 0.1) is 34.3 Å². The van der Waals surface area contributed by atoms with Gasteiger partial charge >= 0.3 is 0 Å². The molecule has 4 rings (SSSR count). The molecule has 2 N–H and O–H groups in total. The molecule has 0 amide bonds. The van der Waals surface area contributed by atoms with Crippen LogP contribution in [0.25, 0.3) is 22.4 Å². The largest absolute Gasteiger partial charge is 0.494 e. The van der Waals surface area contributed by atoms with Gasteiger partial charge in [0, 0.05) is 17.2 Å². The van der Waals surface area contributed by atoms with Crippen molar-refractivity contribution in [2.45, 2.75) is 37.4 Å². The van der Waals surface area contributed by atoms with E-state index in [1.165, 1.54) is 37.4 Å². The number of alkyl halides is 1. The summed E-state index contributed by atoms with van der Waals surface area (Å²) in [6.45, 7) is 0. The lowest BCUT2D eigenvalue weighted by molar-refractivity contribution is 0.0931. The lowest BCUT2D eigenvalue weighted by Crippen LogP contribution is -2.34. The monoisotopic (exact) mass is 462 g/mol. The molecule has 3 aromatic rings. The third kappa shape index (κ3) is 4.21. The number of benzene rings is 2. The van der Waals surface area contributed by atoms with Crippen molar-refractivity contribution in [3.63, 3.8) is 0 Å². The summed E-state index contributed by atoms with van der Waals surface area (Å²) in [7, 11) is 1.33. The Kier molecular flexibility index (Phi) is 6.28. The average Bonchev–Trinajstić information content (AvgIpc) is 2.85. The molecular weight excluding hydrogens is 441 g/mol. The van der Waals surface area contributed by atoms with Gasteiger partial charge in [0.25, 0.3) is 0 Å². The van der Waals surface area contributed by atoms with Crippen LogP contribution in [0.3, 0.4) is 0 Å². The number of ether oxygens (including phenoxy) is 1. The van der Waals surface area contributed by atoms with Gasteiger partial charge in [-0.1, -0.05) is 12.1 Å². The molecule has 0 saturated heterocycles. The minimum atomic E-state index is -1.80. The van der Waals surface area contributed by atoms with Crippen LogP contribution in [0.1, 0.15) is 42.5 Å². The predicted octanol–water partition coefficient (Wildman–Crippen LogP) is 5.51. The van der Waals surface area contributed by atoms with Gasteiger partial charge in [0.05, 0.1) is 35.7 Å². The van der Waals surface area contributed by atoms with E-state index in [4.69, 9.17) is 15.7 Å². The van der Waals surface area contributed by atoms with Gasteiger partial charge in [0.15, 0.2) is 17.2 Å². The van der Waals surface area contributed by atoms with E-state index in [9.17, 15) is 14.0 Å². The van der Waals surface area contributed by atoms with Gasteiger partial charge in [-0.15, -0.1) is 0 Å². The molecule has 5 nitrogen and oxygen atoms in total. The van der Waals surface area contributed by atoms with Gasteiger partial charge in [-0.3, -0.25) is 0 Å². The molecule has 172 valence electrons. The zero-order valence-corrected chi connectivity index (χ0v) is 18.4. The summed E-state index contributed by atoms with van der Waals surface area (Å²) in [5, 5.41) is 19.0. The molecule has 34 heavy (non-hydrogen) atoms. The van der Waals surface area contributed by atoms with Gasteiger partial charge in [-0.05, 0) is 61.6 Å². The molecule has 0 bridgehead atoms. The normalized spacial score (nSPS) is 19.8. The Hall–Kier alpha value is -3.88. The van der Waals surface area contributed by atoms with Crippen LogP contribution in [0.5, 0.6) is 5.75 Å². The number of rotatable bonds is 4. The molecule has 1 aliphatic rings. The van der Waals surface area contributed by atoms with Crippen molar-refractivity contribution in [1.82, 2.24) is 4.98 Å². The van der Waals surface area contributed by atoms with E-state index < -0.39 is 17.3 Å². The highest BCUT2D eigenvalue weighted by molar-refractivity contribution is 5.85. The van der Waals surface area contributed by atoms with Crippen molar-refractivity contribution in [2.75, 3.05) is 7.11 Å². The van der Waals surface area contributed by atoms with E-state index in [-0.39, 0.29) is 58.3 Å². The molecule has 2 aromatic carbocycles. The number of methoxy groups -OCH3 is 1. The molecule has 0 radical (unpaired) electrons. The number of hydrogen-bond acceptors (Lipinski definition) is 5. The summed E-state index contributed by atoms with van der Waals surface area (Å²) >= 11 is 0. The smallest absolute Gasteiger partial charge is 0.165 e. The quantitative estimate of drug-likeness (QED) is 0.551. The average molecular weight is 462 g/mol. The van der Waals surface area contributed by atoms with Gasteiger partial charge in [0.2, 0.25) is 0 Å². The van der Waals surface area contributed by atoms with Crippen LogP contribution in [0.2, 0.25) is 0 Å². The second kappa shape index (κ2) is 9.17. The maximum atomic E-state index is 16.0. The lowest BCUT2D eigenvalue weighted by atomic mass is 9.80. The molecular formula is C26H21F3N4O. The van der Waals surface area contributed by atoms with Crippen molar-refractivity contribution in [1.29, 1.82) is 10.5 Å². The lowest BCUT2D eigenvalue weighted by Gasteiger charge is -2.32. The molecule has 1 heterocycles. The van der Waals surface area contributed by atoms with Crippen molar-refractivity contribution in [2.24, 2.45) is 5.73 Å². The zero-order valence-electron chi connectivity index (χ0n) is 18.4. The minimum Gasteiger partial charge on any atom is -0.494 e. The van der Waals surface area contributed by atoms with Crippen LogP contribution in [-0.2, 0) is 5.67 Å². The summed E-state index contributed by atoms with van der Waals surface area (Å²) in [5.74, 6) is -1.43. The number of pyridine rings is 1. The molecule has 1 saturated carbocycles. The van der Waals surface area contributed by atoms with E-state index in [2.05, 4.69) is 11.1 Å². The summed E-state index contributed by atoms with van der Waals surface area (Å²) in [6.07, 6.45) is 1.21. The molecule has 1 aliphatic carbocycles.